The number of ether oxygens (including phenoxy) is 2. The molecule has 0 fully saturated rings. The molecule has 158 valence electrons. The molecule has 7 nitrogen and oxygen atoms in total. The number of para-hydroxylation sites is 1. The zero-order valence-electron chi connectivity index (χ0n) is 17.3. The summed E-state index contributed by atoms with van der Waals surface area (Å²) >= 11 is 1.41. The fraction of sp³-hybridized carbons (Fsp3) is 0.217. The van der Waals surface area contributed by atoms with E-state index in [4.69, 9.17) is 9.47 Å². The van der Waals surface area contributed by atoms with Crippen LogP contribution in [-0.2, 0) is 4.79 Å². The Hall–Kier alpha value is -3.39. The molecule has 0 radical (unpaired) electrons. The Balaban J connectivity index is 1.85. The molecule has 0 N–H and O–H groups in total. The van der Waals surface area contributed by atoms with Crippen molar-refractivity contribution in [1.29, 1.82) is 0 Å². The largest absolute Gasteiger partial charge is 0.494 e. The van der Waals surface area contributed by atoms with Crippen molar-refractivity contribution in [3.63, 3.8) is 0 Å². The summed E-state index contributed by atoms with van der Waals surface area (Å²) in [6, 6.07) is 15.0. The predicted molar refractivity (Wildman–Crippen MR) is 120 cm³/mol. The van der Waals surface area contributed by atoms with Gasteiger partial charge >= 0.3 is 0 Å². The first-order valence-electron chi connectivity index (χ1n) is 9.89. The second-order valence-corrected chi connectivity index (χ2v) is 7.71. The summed E-state index contributed by atoms with van der Waals surface area (Å²) in [6.07, 6.45) is 1.06. The maximum Gasteiger partial charge on any atom is 0.247 e. The van der Waals surface area contributed by atoms with Crippen LogP contribution >= 0.6 is 11.8 Å². The van der Waals surface area contributed by atoms with Gasteiger partial charge in [-0.05, 0) is 37.3 Å². The van der Waals surface area contributed by atoms with Crippen molar-refractivity contribution < 1.29 is 14.3 Å². The normalized spacial score (nSPS) is 14.6. The lowest BCUT2D eigenvalue weighted by Crippen LogP contribution is -2.36. The van der Waals surface area contributed by atoms with Gasteiger partial charge in [-0.25, -0.2) is 0 Å². The van der Waals surface area contributed by atoms with Crippen LogP contribution in [0.2, 0.25) is 0 Å². The number of benzene rings is 2. The molecular formula is C23H22N4O3S. The standard InChI is InChI=1S/C23H22N4O3S/c1-4-14-31-23-24-21-20(25-26-23)18-8-6-7-9-19(18)27(15(3)28)22(30-21)16-10-12-17(13-11-16)29-5-2/h4,6-13,22H,1,5,14H2,2-3H3. The Bertz CT molecular complexity index is 1100. The summed E-state index contributed by atoms with van der Waals surface area (Å²) in [5.74, 6) is 1.58. The van der Waals surface area contributed by atoms with Crippen LogP contribution in [0.4, 0.5) is 5.69 Å². The number of hydrogen-bond donors (Lipinski definition) is 0. The molecule has 0 spiro atoms. The maximum atomic E-state index is 12.8. The molecule has 1 atom stereocenters. The summed E-state index contributed by atoms with van der Waals surface area (Å²) in [6.45, 7) is 7.75. The molecule has 1 aliphatic heterocycles. The van der Waals surface area contributed by atoms with E-state index in [0.717, 1.165) is 16.9 Å². The molecule has 2 aromatic carbocycles. The first-order chi connectivity index (χ1) is 15.1. The topological polar surface area (TPSA) is 77.4 Å². The minimum Gasteiger partial charge on any atom is -0.494 e. The van der Waals surface area contributed by atoms with Gasteiger partial charge in [-0.15, -0.1) is 16.8 Å². The Morgan fingerprint density at radius 1 is 1.23 bits per heavy atom. The number of amides is 1. The Labute approximate surface area is 185 Å². The third kappa shape index (κ3) is 4.25. The lowest BCUT2D eigenvalue weighted by atomic mass is 10.1. The van der Waals surface area contributed by atoms with E-state index in [-0.39, 0.29) is 5.91 Å². The second kappa shape index (κ2) is 9.18. The lowest BCUT2D eigenvalue weighted by molar-refractivity contribution is -0.118. The number of nitrogens with zero attached hydrogens (tertiary/aromatic N) is 4. The fourth-order valence-electron chi connectivity index (χ4n) is 3.36. The SMILES string of the molecule is C=CCSc1nnc2c(n1)OC(c1ccc(OCC)cc1)N(C(C)=O)c1ccccc1-2. The molecule has 1 aromatic heterocycles. The van der Waals surface area contributed by atoms with Gasteiger partial charge in [-0.1, -0.05) is 36.0 Å². The van der Waals surface area contributed by atoms with E-state index in [1.165, 1.54) is 18.7 Å². The van der Waals surface area contributed by atoms with E-state index in [0.29, 0.717) is 34.8 Å². The highest BCUT2D eigenvalue weighted by molar-refractivity contribution is 7.99. The molecular weight excluding hydrogens is 412 g/mol. The van der Waals surface area contributed by atoms with Gasteiger partial charge in [0.2, 0.25) is 23.2 Å². The number of rotatable bonds is 6. The second-order valence-electron chi connectivity index (χ2n) is 6.73. The van der Waals surface area contributed by atoms with Crippen LogP contribution in [0.3, 0.4) is 0 Å². The van der Waals surface area contributed by atoms with Crippen LogP contribution < -0.4 is 14.4 Å². The number of hydrogen-bond acceptors (Lipinski definition) is 7. The first kappa shape index (κ1) is 20.9. The van der Waals surface area contributed by atoms with E-state index >= 15 is 0 Å². The van der Waals surface area contributed by atoms with Crippen molar-refractivity contribution in [2.45, 2.75) is 25.2 Å². The van der Waals surface area contributed by atoms with Gasteiger partial charge in [-0.3, -0.25) is 9.69 Å². The van der Waals surface area contributed by atoms with Gasteiger partial charge in [0.05, 0.1) is 12.3 Å². The van der Waals surface area contributed by atoms with Crippen molar-refractivity contribution in [2.75, 3.05) is 17.3 Å². The maximum absolute atomic E-state index is 12.8. The highest BCUT2D eigenvalue weighted by Gasteiger charge is 2.34. The number of carbonyl (C=O) groups is 1. The minimum absolute atomic E-state index is 0.159. The van der Waals surface area contributed by atoms with Gasteiger partial charge in [-0.2, -0.15) is 4.98 Å². The highest BCUT2D eigenvalue weighted by Crippen LogP contribution is 2.43. The first-order valence-corrected chi connectivity index (χ1v) is 10.9. The van der Waals surface area contributed by atoms with E-state index in [2.05, 4.69) is 21.8 Å². The Morgan fingerprint density at radius 2 is 2.00 bits per heavy atom. The molecule has 0 saturated heterocycles. The van der Waals surface area contributed by atoms with Crippen molar-refractivity contribution in [2.24, 2.45) is 0 Å². The Kier molecular flexibility index (Phi) is 6.18. The fourth-order valence-corrected chi connectivity index (χ4v) is 3.87. The monoisotopic (exact) mass is 434 g/mol. The van der Waals surface area contributed by atoms with E-state index in [9.17, 15) is 4.79 Å². The zero-order valence-corrected chi connectivity index (χ0v) is 18.1. The molecule has 0 saturated carbocycles. The minimum atomic E-state index is -0.718. The summed E-state index contributed by atoms with van der Waals surface area (Å²) < 4.78 is 11.9. The molecule has 1 aliphatic rings. The smallest absolute Gasteiger partial charge is 0.247 e. The number of anilines is 1. The van der Waals surface area contributed by atoms with Gasteiger partial charge in [0.15, 0.2) is 5.69 Å². The quantitative estimate of drug-likeness (QED) is 0.412. The Morgan fingerprint density at radius 3 is 2.71 bits per heavy atom. The zero-order chi connectivity index (χ0) is 21.8. The van der Waals surface area contributed by atoms with Crippen LogP contribution in [0.15, 0.2) is 66.3 Å². The van der Waals surface area contributed by atoms with Gasteiger partial charge in [0.25, 0.3) is 0 Å². The molecule has 1 unspecified atom stereocenters. The third-order valence-corrected chi connectivity index (χ3v) is 5.49. The molecule has 8 heteroatoms. The summed E-state index contributed by atoms with van der Waals surface area (Å²) in [4.78, 5) is 19.0. The van der Waals surface area contributed by atoms with E-state index in [1.807, 2.05) is 55.5 Å². The average Bonchev–Trinajstić information content (AvgIpc) is 2.92. The number of thioether (sulfide) groups is 1. The van der Waals surface area contributed by atoms with Gasteiger partial charge < -0.3 is 9.47 Å². The van der Waals surface area contributed by atoms with Crippen LogP contribution in [0.25, 0.3) is 11.3 Å². The molecule has 31 heavy (non-hydrogen) atoms. The molecule has 0 bridgehead atoms. The van der Waals surface area contributed by atoms with Crippen molar-refractivity contribution >= 4 is 23.4 Å². The van der Waals surface area contributed by atoms with Gasteiger partial charge in [0, 0.05) is 23.8 Å². The van der Waals surface area contributed by atoms with E-state index in [1.54, 1.807) is 11.0 Å². The predicted octanol–water partition coefficient (Wildman–Crippen LogP) is 4.66. The summed E-state index contributed by atoms with van der Waals surface area (Å²) in [7, 11) is 0. The van der Waals surface area contributed by atoms with Crippen molar-refractivity contribution in [3.05, 3.63) is 66.7 Å². The number of fused-ring (bicyclic) bond motifs is 3. The molecule has 1 amide bonds. The lowest BCUT2D eigenvalue weighted by Gasteiger charge is -2.30. The average molecular weight is 435 g/mol. The van der Waals surface area contributed by atoms with Crippen LogP contribution in [0.5, 0.6) is 11.6 Å². The number of carbonyl (C=O) groups excluding carboxylic acids is 1. The summed E-state index contributed by atoms with van der Waals surface area (Å²) in [5.41, 5.74) is 2.72. The molecule has 2 heterocycles. The summed E-state index contributed by atoms with van der Waals surface area (Å²) in [5, 5.41) is 9.09. The number of aromatic nitrogens is 3. The molecule has 0 aliphatic carbocycles. The van der Waals surface area contributed by atoms with Crippen molar-refractivity contribution in [3.8, 4) is 22.9 Å². The van der Waals surface area contributed by atoms with Crippen LogP contribution in [0.1, 0.15) is 25.6 Å². The van der Waals surface area contributed by atoms with Gasteiger partial charge in [0.1, 0.15) is 5.75 Å². The highest BCUT2D eigenvalue weighted by atomic mass is 32.2. The third-order valence-electron chi connectivity index (χ3n) is 4.66. The van der Waals surface area contributed by atoms with E-state index < -0.39 is 6.23 Å². The van der Waals surface area contributed by atoms with Crippen LogP contribution in [-0.4, -0.2) is 33.4 Å². The van der Waals surface area contributed by atoms with Crippen LogP contribution in [0, 0.1) is 0 Å². The van der Waals surface area contributed by atoms with Crippen molar-refractivity contribution in [1.82, 2.24) is 15.2 Å². The molecule has 3 aromatic rings. The molecule has 4 rings (SSSR count).